The predicted octanol–water partition coefficient (Wildman–Crippen LogP) is 5.10. The fraction of sp³-hybridized carbons (Fsp3) is 0.667. The highest BCUT2D eigenvalue weighted by Crippen LogP contribution is 2.48. The van der Waals surface area contributed by atoms with Crippen molar-refractivity contribution in [1.29, 1.82) is 0 Å². The zero-order valence-electron chi connectivity index (χ0n) is 17.9. The van der Waals surface area contributed by atoms with Crippen LogP contribution in [0, 0.1) is 11.8 Å². The van der Waals surface area contributed by atoms with Gasteiger partial charge in [-0.15, -0.1) is 0 Å². The van der Waals surface area contributed by atoms with E-state index in [1.807, 2.05) is 37.3 Å². The van der Waals surface area contributed by atoms with E-state index in [4.69, 9.17) is 4.74 Å². The first-order valence-electron chi connectivity index (χ1n) is 10.5. The molecule has 27 heavy (non-hydrogen) atoms. The van der Waals surface area contributed by atoms with E-state index in [1.54, 1.807) is 0 Å². The van der Waals surface area contributed by atoms with Crippen molar-refractivity contribution >= 4 is 0 Å². The van der Waals surface area contributed by atoms with Gasteiger partial charge >= 0.3 is 0 Å². The van der Waals surface area contributed by atoms with Gasteiger partial charge in [0.05, 0.1) is 6.10 Å². The molecule has 1 aliphatic heterocycles. The normalized spacial score (nSPS) is 33.0. The van der Waals surface area contributed by atoms with Crippen LogP contribution >= 0.6 is 0 Å². The molecule has 2 fully saturated rings. The summed E-state index contributed by atoms with van der Waals surface area (Å²) in [6.45, 7) is 14.0. The average molecular weight is 372 g/mol. The molecule has 0 radical (unpaired) electrons. The third kappa shape index (κ3) is 4.01. The van der Waals surface area contributed by atoms with Crippen LogP contribution < -0.4 is 0 Å². The summed E-state index contributed by atoms with van der Waals surface area (Å²) in [5, 5.41) is 11.6. The lowest BCUT2D eigenvalue weighted by atomic mass is 9.69. The Hall–Kier alpha value is -1.16. The van der Waals surface area contributed by atoms with Gasteiger partial charge in [-0.2, -0.15) is 0 Å². The molecular weight excluding hydrogens is 334 g/mol. The summed E-state index contributed by atoms with van der Waals surface area (Å²) < 4.78 is 6.71. The van der Waals surface area contributed by atoms with Crippen molar-refractivity contribution in [3.05, 3.63) is 47.5 Å². The zero-order valence-corrected chi connectivity index (χ0v) is 17.9. The molecule has 150 valence electrons. The SMILES string of the molecule is CC(C)=CCN1[C@H]([C@@](C)(O)c2ccccc2)O[C@@H]2C[C@H](C)CC[C@H]2C1(C)C. The molecule has 5 atom stereocenters. The topological polar surface area (TPSA) is 32.7 Å². The van der Waals surface area contributed by atoms with Gasteiger partial charge in [-0.05, 0) is 58.9 Å². The smallest absolute Gasteiger partial charge is 0.144 e. The Balaban J connectivity index is 2.01. The van der Waals surface area contributed by atoms with Crippen molar-refractivity contribution in [1.82, 2.24) is 4.90 Å². The van der Waals surface area contributed by atoms with E-state index in [9.17, 15) is 5.11 Å². The number of allylic oxidation sites excluding steroid dienone is 1. The number of hydrogen-bond donors (Lipinski definition) is 1. The van der Waals surface area contributed by atoms with E-state index in [2.05, 4.69) is 45.6 Å². The summed E-state index contributed by atoms with van der Waals surface area (Å²) in [4.78, 5) is 2.39. The van der Waals surface area contributed by atoms with Crippen LogP contribution in [0.2, 0.25) is 0 Å². The Morgan fingerprint density at radius 3 is 2.56 bits per heavy atom. The van der Waals surface area contributed by atoms with E-state index in [0.717, 1.165) is 18.5 Å². The number of aliphatic hydroxyl groups is 1. The molecule has 0 spiro atoms. The summed E-state index contributed by atoms with van der Waals surface area (Å²) in [5.74, 6) is 1.19. The highest BCUT2D eigenvalue weighted by molar-refractivity contribution is 5.24. The van der Waals surface area contributed by atoms with E-state index in [-0.39, 0.29) is 17.9 Å². The second kappa shape index (κ2) is 7.69. The maximum atomic E-state index is 11.6. The number of nitrogens with zero attached hydrogens (tertiary/aromatic N) is 1. The number of hydrogen-bond acceptors (Lipinski definition) is 3. The molecule has 2 aliphatic rings. The Morgan fingerprint density at radius 2 is 1.93 bits per heavy atom. The lowest BCUT2D eigenvalue weighted by Crippen LogP contribution is -2.68. The quantitative estimate of drug-likeness (QED) is 0.747. The Morgan fingerprint density at radius 1 is 1.26 bits per heavy atom. The van der Waals surface area contributed by atoms with Crippen molar-refractivity contribution in [2.24, 2.45) is 11.8 Å². The van der Waals surface area contributed by atoms with Gasteiger partial charge in [0.25, 0.3) is 0 Å². The second-order valence-electron chi connectivity index (χ2n) is 9.65. The van der Waals surface area contributed by atoms with Gasteiger partial charge in [-0.3, -0.25) is 4.90 Å². The van der Waals surface area contributed by atoms with Crippen LogP contribution in [0.25, 0.3) is 0 Å². The van der Waals surface area contributed by atoms with Crippen molar-refractivity contribution in [3.8, 4) is 0 Å². The number of rotatable bonds is 4. The Kier molecular flexibility index (Phi) is 5.86. The van der Waals surface area contributed by atoms with Gasteiger partial charge in [0.2, 0.25) is 0 Å². The van der Waals surface area contributed by atoms with Crippen LogP contribution in [0.1, 0.15) is 66.4 Å². The van der Waals surface area contributed by atoms with E-state index in [1.165, 1.54) is 18.4 Å². The largest absolute Gasteiger partial charge is 0.381 e. The zero-order chi connectivity index (χ0) is 19.8. The van der Waals surface area contributed by atoms with Crippen molar-refractivity contribution in [3.63, 3.8) is 0 Å². The lowest BCUT2D eigenvalue weighted by Gasteiger charge is -2.59. The Bertz CT molecular complexity index is 660. The minimum Gasteiger partial charge on any atom is -0.381 e. The van der Waals surface area contributed by atoms with Crippen LogP contribution in [0.4, 0.5) is 0 Å². The third-order valence-corrected chi connectivity index (χ3v) is 6.82. The monoisotopic (exact) mass is 371 g/mol. The molecule has 1 aromatic carbocycles. The fourth-order valence-electron chi connectivity index (χ4n) is 5.01. The first kappa shape index (κ1) is 20.6. The average Bonchev–Trinajstić information content (AvgIpc) is 2.60. The minimum atomic E-state index is -1.07. The van der Waals surface area contributed by atoms with E-state index >= 15 is 0 Å². The van der Waals surface area contributed by atoms with Gasteiger partial charge in [0.1, 0.15) is 11.8 Å². The predicted molar refractivity (Wildman–Crippen MR) is 111 cm³/mol. The fourth-order valence-corrected chi connectivity index (χ4v) is 5.01. The van der Waals surface area contributed by atoms with Crippen molar-refractivity contribution in [2.45, 2.75) is 84.3 Å². The molecule has 1 saturated heterocycles. The molecule has 0 amide bonds. The first-order valence-corrected chi connectivity index (χ1v) is 10.5. The first-order chi connectivity index (χ1) is 12.6. The molecule has 0 bridgehead atoms. The van der Waals surface area contributed by atoms with Gasteiger partial charge in [-0.25, -0.2) is 0 Å². The van der Waals surface area contributed by atoms with Crippen LogP contribution in [0.5, 0.6) is 0 Å². The van der Waals surface area contributed by atoms with Crippen LogP contribution in [0.3, 0.4) is 0 Å². The van der Waals surface area contributed by atoms with Crippen molar-refractivity contribution < 1.29 is 9.84 Å². The molecule has 3 heteroatoms. The van der Waals surface area contributed by atoms with Gasteiger partial charge in [0, 0.05) is 18.0 Å². The standard InChI is InChI=1S/C24H37NO2/c1-17(2)14-15-25-22(24(6,26)19-10-8-7-9-11-19)27-21-16-18(3)12-13-20(21)23(25,4)5/h7-11,14,18,20-22,26H,12-13,15-16H2,1-6H3/t18-,20-,21-,22+,24+/m1/s1. The second-order valence-corrected chi connectivity index (χ2v) is 9.65. The molecule has 1 aromatic rings. The molecule has 1 aliphatic carbocycles. The molecule has 0 aromatic heterocycles. The number of ether oxygens (including phenoxy) is 1. The molecule has 3 rings (SSSR count). The highest BCUT2D eigenvalue weighted by Gasteiger charge is 2.54. The van der Waals surface area contributed by atoms with Gasteiger partial charge < -0.3 is 9.84 Å². The maximum Gasteiger partial charge on any atom is 0.144 e. The minimum absolute atomic E-state index is 0.0293. The summed E-state index contributed by atoms with van der Waals surface area (Å²) in [6.07, 6.45) is 5.66. The maximum absolute atomic E-state index is 11.6. The van der Waals surface area contributed by atoms with Gasteiger partial charge in [0.15, 0.2) is 0 Å². The number of fused-ring (bicyclic) bond motifs is 1. The van der Waals surface area contributed by atoms with E-state index in [0.29, 0.717) is 11.8 Å². The van der Waals surface area contributed by atoms with Gasteiger partial charge in [-0.1, -0.05) is 55.3 Å². The summed E-state index contributed by atoms with van der Waals surface area (Å²) in [6, 6.07) is 9.98. The van der Waals surface area contributed by atoms with Crippen molar-refractivity contribution in [2.75, 3.05) is 6.54 Å². The number of benzene rings is 1. The summed E-state index contributed by atoms with van der Waals surface area (Å²) in [5.41, 5.74) is 1.11. The third-order valence-electron chi connectivity index (χ3n) is 6.82. The van der Waals surface area contributed by atoms with Crippen LogP contribution in [0.15, 0.2) is 42.0 Å². The molecule has 1 N–H and O–H groups in total. The summed E-state index contributed by atoms with van der Waals surface area (Å²) in [7, 11) is 0. The highest BCUT2D eigenvalue weighted by atomic mass is 16.5. The van der Waals surface area contributed by atoms with Crippen LogP contribution in [-0.2, 0) is 10.3 Å². The molecule has 1 heterocycles. The van der Waals surface area contributed by atoms with E-state index < -0.39 is 5.60 Å². The molecular formula is C24H37NO2. The summed E-state index contributed by atoms with van der Waals surface area (Å²) >= 11 is 0. The molecule has 0 unspecified atom stereocenters. The molecule has 3 nitrogen and oxygen atoms in total. The molecule has 1 saturated carbocycles. The van der Waals surface area contributed by atoms with Crippen LogP contribution in [-0.4, -0.2) is 34.4 Å². The lowest BCUT2D eigenvalue weighted by molar-refractivity contribution is -0.283. The Labute approximate surface area is 165 Å².